The van der Waals surface area contributed by atoms with Crippen LogP contribution in [0.15, 0.2) is 42.5 Å². The van der Waals surface area contributed by atoms with E-state index >= 15 is 0 Å². The molecule has 0 spiro atoms. The molecule has 2 N–H and O–H groups in total. The number of nitrogens with one attached hydrogen (secondary N) is 2. The molecule has 2 aliphatic rings. The quantitative estimate of drug-likeness (QED) is 0.558. The number of amides is 3. The van der Waals surface area contributed by atoms with E-state index in [4.69, 9.17) is 4.74 Å². The molecule has 3 amide bonds. The molecular weight excluding hydrogens is 447 g/mol. The van der Waals surface area contributed by atoms with Gasteiger partial charge in [0.2, 0.25) is 5.91 Å². The van der Waals surface area contributed by atoms with Crippen molar-refractivity contribution in [2.75, 3.05) is 17.3 Å². The monoisotopic (exact) mass is 473 g/mol. The molecule has 0 saturated carbocycles. The summed E-state index contributed by atoms with van der Waals surface area (Å²) in [5.41, 5.74) is 1.74. The van der Waals surface area contributed by atoms with E-state index in [2.05, 4.69) is 10.6 Å². The summed E-state index contributed by atoms with van der Waals surface area (Å²) < 4.78 is 45.9. The summed E-state index contributed by atoms with van der Waals surface area (Å²) in [6.07, 6.45) is -1.51. The number of rotatable bonds is 4. The average molecular weight is 473 g/mol. The minimum Gasteiger partial charge on any atom is -0.486 e. The van der Waals surface area contributed by atoms with Gasteiger partial charge in [-0.1, -0.05) is 26.0 Å². The van der Waals surface area contributed by atoms with E-state index in [1.54, 1.807) is 19.2 Å². The summed E-state index contributed by atoms with van der Waals surface area (Å²) in [6.45, 7) is 4.24. The van der Waals surface area contributed by atoms with Gasteiger partial charge in [0, 0.05) is 37.3 Å². The molecule has 0 fully saturated rings. The predicted molar refractivity (Wildman–Crippen MR) is 124 cm³/mol. The number of urea groups is 1. The van der Waals surface area contributed by atoms with E-state index in [1.807, 2.05) is 19.9 Å². The number of carbonyl (C=O) groups excluding carboxylic acids is 2. The number of hydrogen-bond donors (Lipinski definition) is 2. The van der Waals surface area contributed by atoms with E-state index in [9.17, 15) is 22.8 Å². The van der Waals surface area contributed by atoms with E-state index in [1.165, 1.54) is 17.0 Å². The Morgan fingerprint density at radius 1 is 1.21 bits per heavy atom. The zero-order valence-corrected chi connectivity index (χ0v) is 19.2. The van der Waals surface area contributed by atoms with Gasteiger partial charge in [0.15, 0.2) is 0 Å². The minimum atomic E-state index is -4.49. The first kappa shape index (κ1) is 23.7. The molecule has 2 heterocycles. The third-order valence-corrected chi connectivity index (χ3v) is 6.54. The first-order valence-electron chi connectivity index (χ1n) is 11.1. The summed E-state index contributed by atoms with van der Waals surface area (Å²) in [5, 5.41) is 5.56. The number of ether oxygens (including phenoxy) is 1. The van der Waals surface area contributed by atoms with Crippen molar-refractivity contribution in [3.8, 4) is 5.75 Å². The lowest BCUT2D eigenvalue weighted by molar-refractivity contribution is -0.137. The highest BCUT2D eigenvalue weighted by Crippen LogP contribution is 2.45. The van der Waals surface area contributed by atoms with Crippen LogP contribution in [0.1, 0.15) is 49.8 Å². The smallest absolute Gasteiger partial charge is 0.416 e. The van der Waals surface area contributed by atoms with Gasteiger partial charge in [0.05, 0.1) is 11.3 Å². The highest BCUT2D eigenvalue weighted by atomic mass is 19.4. The van der Waals surface area contributed by atoms with Gasteiger partial charge in [-0.05, 0) is 48.2 Å². The lowest BCUT2D eigenvalue weighted by atomic mass is 9.83. The Morgan fingerprint density at radius 3 is 2.62 bits per heavy atom. The SMILES string of the molecule is CCC1(CC)C/C(=C\C(=O)Nc2ccc3c(c2)N(C)C(=O)NC3)c2ccc(C(F)(F)F)cc2O1. The fraction of sp³-hybridized carbons (Fsp3) is 0.360. The Balaban J connectivity index is 1.65. The number of hydrogen-bond acceptors (Lipinski definition) is 3. The van der Waals surface area contributed by atoms with Gasteiger partial charge in [-0.25, -0.2) is 4.79 Å². The Morgan fingerprint density at radius 2 is 1.94 bits per heavy atom. The van der Waals surface area contributed by atoms with Gasteiger partial charge in [0.25, 0.3) is 0 Å². The van der Waals surface area contributed by atoms with Crippen LogP contribution in [0.25, 0.3) is 5.57 Å². The largest absolute Gasteiger partial charge is 0.486 e. The van der Waals surface area contributed by atoms with Crippen molar-refractivity contribution in [1.82, 2.24) is 5.32 Å². The van der Waals surface area contributed by atoms with Gasteiger partial charge in [-0.2, -0.15) is 13.2 Å². The van der Waals surface area contributed by atoms with Crippen molar-refractivity contribution >= 4 is 28.9 Å². The number of carbonyl (C=O) groups is 2. The molecule has 0 aliphatic carbocycles. The molecule has 0 atom stereocenters. The van der Waals surface area contributed by atoms with E-state index in [0.717, 1.165) is 17.7 Å². The lowest BCUT2D eigenvalue weighted by Crippen LogP contribution is -2.41. The molecule has 6 nitrogen and oxygen atoms in total. The van der Waals surface area contributed by atoms with Crippen LogP contribution in [0.2, 0.25) is 0 Å². The second-order valence-electron chi connectivity index (χ2n) is 8.60. The number of halogens is 3. The summed E-state index contributed by atoms with van der Waals surface area (Å²) in [7, 11) is 1.64. The standard InChI is InChI=1S/C25H26F3N3O3/c1-4-24(5-2)13-16(19-9-7-17(25(26,27)28)11-21(19)34-24)10-22(32)30-18-8-6-15-14-29-23(33)31(3)20(15)12-18/h6-12H,4-5,13-14H2,1-3H3,(H,29,33)(H,30,32)/b16-10+. The normalized spacial score (nSPS) is 18.0. The summed E-state index contributed by atoms with van der Waals surface area (Å²) in [4.78, 5) is 26.3. The van der Waals surface area contributed by atoms with Crippen LogP contribution in [-0.4, -0.2) is 24.6 Å². The van der Waals surface area contributed by atoms with Crippen LogP contribution in [0.3, 0.4) is 0 Å². The van der Waals surface area contributed by atoms with Crippen molar-refractivity contribution in [3.05, 3.63) is 59.2 Å². The van der Waals surface area contributed by atoms with Gasteiger partial charge >= 0.3 is 12.2 Å². The zero-order valence-electron chi connectivity index (χ0n) is 19.2. The lowest BCUT2D eigenvalue weighted by Gasteiger charge is -2.39. The zero-order chi connectivity index (χ0) is 24.7. The van der Waals surface area contributed by atoms with Gasteiger partial charge in [-0.3, -0.25) is 9.69 Å². The van der Waals surface area contributed by atoms with E-state index < -0.39 is 23.2 Å². The molecule has 0 bridgehead atoms. The first-order chi connectivity index (χ1) is 16.0. The molecule has 0 unspecified atom stereocenters. The Labute approximate surface area is 195 Å². The third kappa shape index (κ3) is 4.47. The van der Waals surface area contributed by atoms with Crippen LogP contribution in [0.4, 0.5) is 29.3 Å². The molecule has 2 aromatic carbocycles. The number of alkyl halides is 3. The van der Waals surface area contributed by atoms with Crippen molar-refractivity contribution in [3.63, 3.8) is 0 Å². The second kappa shape index (κ2) is 8.70. The molecule has 34 heavy (non-hydrogen) atoms. The fourth-order valence-electron chi connectivity index (χ4n) is 4.37. The van der Waals surface area contributed by atoms with Gasteiger partial charge < -0.3 is 15.4 Å². The summed E-state index contributed by atoms with van der Waals surface area (Å²) >= 11 is 0. The second-order valence-corrected chi connectivity index (χ2v) is 8.60. The molecule has 4 rings (SSSR count). The highest BCUT2D eigenvalue weighted by Gasteiger charge is 2.38. The van der Waals surface area contributed by atoms with Crippen molar-refractivity contribution < 1.29 is 27.5 Å². The molecule has 0 radical (unpaired) electrons. The average Bonchev–Trinajstić information content (AvgIpc) is 2.80. The Hall–Kier alpha value is -3.49. The van der Waals surface area contributed by atoms with Crippen LogP contribution < -0.4 is 20.3 Å². The first-order valence-corrected chi connectivity index (χ1v) is 11.1. The van der Waals surface area contributed by atoms with Crippen molar-refractivity contribution in [1.29, 1.82) is 0 Å². The summed E-state index contributed by atoms with van der Waals surface area (Å²) in [5.74, 6) is -0.281. The number of benzene rings is 2. The number of anilines is 2. The van der Waals surface area contributed by atoms with Crippen LogP contribution in [0, 0.1) is 0 Å². The topological polar surface area (TPSA) is 70.7 Å². The molecular formula is C25H26F3N3O3. The van der Waals surface area contributed by atoms with Crippen LogP contribution >= 0.6 is 0 Å². The molecule has 180 valence electrons. The summed E-state index contributed by atoms with van der Waals surface area (Å²) in [6, 6.07) is 8.44. The third-order valence-electron chi connectivity index (χ3n) is 6.54. The molecule has 9 heteroatoms. The van der Waals surface area contributed by atoms with Crippen LogP contribution in [-0.2, 0) is 17.5 Å². The molecule has 2 aromatic rings. The Bertz CT molecular complexity index is 1170. The highest BCUT2D eigenvalue weighted by molar-refractivity contribution is 6.05. The van der Waals surface area contributed by atoms with Gasteiger partial charge in [-0.15, -0.1) is 0 Å². The predicted octanol–water partition coefficient (Wildman–Crippen LogP) is 5.73. The number of fused-ring (bicyclic) bond motifs is 2. The van der Waals surface area contributed by atoms with Crippen molar-refractivity contribution in [2.45, 2.75) is 51.4 Å². The maximum atomic E-state index is 13.3. The minimum absolute atomic E-state index is 0.130. The fourth-order valence-corrected chi connectivity index (χ4v) is 4.37. The van der Waals surface area contributed by atoms with Gasteiger partial charge in [0.1, 0.15) is 11.4 Å². The van der Waals surface area contributed by atoms with Crippen molar-refractivity contribution in [2.24, 2.45) is 0 Å². The molecule has 0 saturated heterocycles. The maximum absolute atomic E-state index is 13.3. The maximum Gasteiger partial charge on any atom is 0.416 e. The number of nitrogens with zero attached hydrogens (tertiary/aromatic N) is 1. The molecule has 0 aromatic heterocycles. The van der Waals surface area contributed by atoms with E-state index in [-0.39, 0.29) is 11.8 Å². The molecule has 2 aliphatic heterocycles. The van der Waals surface area contributed by atoms with E-state index in [0.29, 0.717) is 48.3 Å². The van der Waals surface area contributed by atoms with Crippen LogP contribution in [0.5, 0.6) is 5.75 Å². The Kier molecular flexibility index (Phi) is 6.05.